The molecule has 0 aliphatic heterocycles. The van der Waals surface area contributed by atoms with Crippen molar-refractivity contribution in [2.45, 2.75) is 0 Å². The summed E-state index contributed by atoms with van der Waals surface area (Å²) in [6.45, 7) is 0. The van der Waals surface area contributed by atoms with E-state index in [0.717, 1.165) is 93.9 Å². The van der Waals surface area contributed by atoms with E-state index in [1.54, 1.807) is 0 Å². The Bertz CT molecular complexity index is 3490. The molecule has 12 rings (SSSR count). The second-order valence-electron chi connectivity index (χ2n) is 14.3. The normalized spacial score (nSPS) is 11.9. The van der Waals surface area contributed by atoms with E-state index in [9.17, 15) is 0 Å². The van der Waals surface area contributed by atoms with Gasteiger partial charge in [-0.1, -0.05) is 103 Å². The Hall–Kier alpha value is -7.63. The standard InChI is InChI=1S/C51H31N3O2/c1-3-12-34(13-4-1)51-52-42-29-25-33-23-22-32-24-26-36(30-41(32)48(33)50(42)56-51)53(35-14-5-2-6-15-35)44-19-11-20-45-49(44)40-17-7-9-18-43(40)54(45)37-27-28-39-38-16-8-10-21-46(38)55-47(39)31-37/h1-31H. The maximum Gasteiger partial charge on any atom is 0.227 e. The molecule has 0 aliphatic rings. The molecule has 9 aromatic carbocycles. The number of oxazole rings is 1. The molecule has 0 aliphatic carbocycles. The van der Waals surface area contributed by atoms with E-state index >= 15 is 0 Å². The van der Waals surface area contributed by atoms with Gasteiger partial charge in [0.25, 0.3) is 0 Å². The minimum atomic E-state index is 0.620. The Morgan fingerprint density at radius 3 is 2.05 bits per heavy atom. The number of hydrogen-bond acceptors (Lipinski definition) is 4. The Kier molecular flexibility index (Phi) is 6.56. The van der Waals surface area contributed by atoms with Crippen molar-refractivity contribution >= 4 is 93.5 Å². The second kappa shape index (κ2) is 11.9. The molecule has 3 heterocycles. The SMILES string of the molecule is c1ccc(-c2nc3ccc4ccc5ccc(N(c6ccccc6)c6cccc7c6c6ccccc6n7-c6ccc7c(c6)oc6ccccc67)cc5c4c3o2)cc1. The quantitative estimate of drug-likeness (QED) is 0.166. The Morgan fingerprint density at radius 2 is 1.16 bits per heavy atom. The molecule has 0 atom stereocenters. The minimum Gasteiger partial charge on any atom is -0.456 e. The van der Waals surface area contributed by atoms with Gasteiger partial charge in [0.15, 0.2) is 5.58 Å². The van der Waals surface area contributed by atoms with E-state index in [1.165, 1.54) is 10.8 Å². The van der Waals surface area contributed by atoms with Crippen LogP contribution in [-0.2, 0) is 0 Å². The maximum atomic E-state index is 6.61. The number of anilines is 3. The molecule has 56 heavy (non-hydrogen) atoms. The zero-order valence-electron chi connectivity index (χ0n) is 30.1. The fourth-order valence-electron chi connectivity index (χ4n) is 8.68. The first kappa shape index (κ1) is 30.8. The summed E-state index contributed by atoms with van der Waals surface area (Å²) in [5.74, 6) is 0.620. The highest BCUT2D eigenvalue weighted by molar-refractivity contribution is 6.20. The van der Waals surface area contributed by atoms with Gasteiger partial charge in [-0.05, 0) is 95.0 Å². The largest absolute Gasteiger partial charge is 0.456 e. The van der Waals surface area contributed by atoms with E-state index in [1.807, 2.05) is 42.5 Å². The maximum absolute atomic E-state index is 6.61. The summed E-state index contributed by atoms with van der Waals surface area (Å²) in [5.41, 5.74) is 10.8. The van der Waals surface area contributed by atoms with Crippen molar-refractivity contribution in [3.05, 3.63) is 188 Å². The molecule has 0 saturated heterocycles. The summed E-state index contributed by atoms with van der Waals surface area (Å²) in [6.07, 6.45) is 0. The highest BCUT2D eigenvalue weighted by atomic mass is 16.3. The van der Waals surface area contributed by atoms with E-state index in [0.29, 0.717) is 5.89 Å². The van der Waals surface area contributed by atoms with E-state index in [4.69, 9.17) is 13.8 Å². The van der Waals surface area contributed by atoms with Gasteiger partial charge in [0, 0.05) is 55.6 Å². The number of fused-ring (bicyclic) bond motifs is 11. The second-order valence-corrected chi connectivity index (χ2v) is 14.3. The van der Waals surface area contributed by atoms with Crippen LogP contribution in [0.25, 0.3) is 93.5 Å². The molecule has 0 radical (unpaired) electrons. The lowest BCUT2D eigenvalue weighted by Gasteiger charge is -2.27. The van der Waals surface area contributed by atoms with Crippen molar-refractivity contribution in [1.29, 1.82) is 0 Å². The Balaban J connectivity index is 1.11. The van der Waals surface area contributed by atoms with E-state index < -0.39 is 0 Å². The molecule has 0 saturated carbocycles. The van der Waals surface area contributed by atoms with Crippen LogP contribution >= 0.6 is 0 Å². The van der Waals surface area contributed by atoms with E-state index in [2.05, 4.69) is 155 Å². The molecule has 5 heteroatoms. The molecular weight excluding hydrogens is 687 g/mol. The zero-order valence-corrected chi connectivity index (χ0v) is 30.1. The average Bonchev–Trinajstić information content (AvgIpc) is 3.96. The topological polar surface area (TPSA) is 47.3 Å². The van der Waals surface area contributed by atoms with Crippen LogP contribution in [0.1, 0.15) is 0 Å². The first-order valence-electron chi connectivity index (χ1n) is 18.9. The van der Waals surface area contributed by atoms with Crippen LogP contribution in [0.15, 0.2) is 197 Å². The lowest BCUT2D eigenvalue weighted by Crippen LogP contribution is -2.10. The van der Waals surface area contributed by atoms with Crippen LogP contribution in [0.3, 0.4) is 0 Å². The third kappa shape index (κ3) is 4.58. The minimum absolute atomic E-state index is 0.620. The molecule has 262 valence electrons. The van der Waals surface area contributed by atoms with E-state index in [-0.39, 0.29) is 0 Å². The third-order valence-electron chi connectivity index (χ3n) is 11.2. The number of aromatic nitrogens is 2. The lowest BCUT2D eigenvalue weighted by atomic mass is 9.99. The van der Waals surface area contributed by atoms with Crippen molar-refractivity contribution < 1.29 is 8.83 Å². The molecule has 0 N–H and O–H groups in total. The van der Waals surface area contributed by atoms with Crippen molar-refractivity contribution in [3.8, 4) is 17.1 Å². The predicted molar refractivity (Wildman–Crippen MR) is 231 cm³/mol. The zero-order chi connectivity index (χ0) is 36.7. The number of rotatable bonds is 5. The number of hydrogen-bond donors (Lipinski definition) is 0. The van der Waals surface area contributed by atoms with Gasteiger partial charge in [-0.25, -0.2) is 4.98 Å². The van der Waals surface area contributed by atoms with Crippen molar-refractivity contribution in [1.82, 2.24) is 9.55 Å². The summed E-state index contributed by atoms with van der Waals surface area (Å²) in [5, 5.41) is 8.98. The van der Waals surface area contributed by atoms with Crippen LogP contribution in [0.4, 0.5) is 17.1 Å². The first-order chi connectivity index (χ1) is 27.8. The summed E-state index contributed by atoms with van der Waals surface area (Å²) >= 11 is 0. The summed E-state index contributed by atoms with van der Waals surface area (Å²) in [7, 11) is 0. The Labute approximate surface area is 320 Å². The Morgan fingerprint density at radius 1 is 0.446 bits per heavy atom. The smallest absolute Gasteiger partial charge is 0.227 e. The number of nitrogens with zero attached hydrogens (tertiary/aromatic N) is 3. The number of para-hydroxylation sites is 3. The average molecular weight is 718 g/mol. The van der Waals surface area contributed by atoms with Gasteiger partial charge < -0.3 is 18.3 Å². The van der Waals surface area contributed by atoms with Crippen molar-refractivity contribution in [2.75, 3.05) is 4.90 Å². The number of furan rings is 1. The fourth-order valence-corrected chi connectivity index (χ4v) is 8.68. The molecule has 0 bridgehead atoms. The van der Waals surface area contributed by atoms with Crippen molar-refractivity contribution in [3.63, 3.8) is 0 Å². The van der Waals surface area contributed by atoms with Gasteiger partial charge in [-0.2, -0.15) is 0 Å². The molecule has 0 spiro atoms. The van der Waals surface area contributed by atoms with Gasteiger partial charge in [-0.3, -0.25) is 0 Å². The van der Waals surface area contributed by atoms with Crippen molar-refractivity contribution in [2.24, 2.45) is 0 Å². The monoisotopic (exact) mass is 717 g/mol. The highest BCUT2D eigenvalue weighted by Gasteiger charge is 2.22. The summed E-state index contributed by atoms with van der Waals surface area (Å²) in [4.78, 5) is 7.31. The molecule has 3 aromatic heterocycles. The van der Waals surface area contributed by atoms with Crippen LogP contribution in [-0.4, -0.2) is 9.55 Å². The van der Waals surface area contributed by atoms with Crippen LogP contribution in [0, 0.1) is 0 Å². The molecule has 0 unspecified atom stereocenters. The van der Waals surface area contributed by atoms with Gasteiger partial charge in [-0.15, -0.1) is 0 Å². The van der Waals surface area contributed by atoms with Gasteiger partial charge in [0.1, 0.15) is 16.7 Å². The number of benzene rings is 9. The molecule has 0 amide bonds. The molecule has 5 nitrogen and oxygen atoms in total. The first-order valence-corrected chi connectivity index (χ1v) is 18.9. The highest BCUT2D eigenvalue weighted by Crippen LogP contribution is 2.45. The van der Waals surface area contributed by atoms with Gasteiger partial charge in [0.2, 0.25) is 5.89 Å². The molecule has 12 aromatic rings. The molecular formula is C51H31N3O2. The fraction of sp³-hybridized carbons (Fsp3) is 0. The predicted octanol–water partition coefficient (Wildman–Crippen LogP) is 14.3. The van der Waals surface area contributed by atoms with Crippen LogP contribution in [0.5, 0.6) is 0 Å². The third-order valence-corrected chi connectivity index (χ3v) is 11.2. The summed E-state index contributed by atoms with van der Waals surface area (Å²) < 4.78 is 15.3. The summed E-state index contributed by atoms with van der Waals surface area (Å²) in [6, 6.07) is 66.2. The van der Waals surface area contributed by atoms with Gasteiger partial charge >= 0.3 is 0 Å². The lowest BCUT2D eigenvalue weighted by molar-refractivity contribution is 0.623. The van der Waals surface area contributed by atoms with Crippen LogP contribution < -0.4 is 4.90 Å². The van der Waals surface area contributed by atoms with Crippen LogP contribution in [0.2, 0.25) is 0 Å². The van der Waals surface area contributed by atoms with Gasteiger partial charge in [0.05, 0.1) is 16.7 Å². The molecule has 0 fully saturated rings.